The molecule has 0 radical (unpaired) electrons. The quantitative estimate of drug-likeness (QED) is 0.850. The standard InChI is InChI=1S/C15H11F4NO3S/c16-7-3-8(17)5-9(4-7)23-11-1-2-12-13(14(11)15(18)19)10(20)6-24(12,21)22/h1-5,10,15H,6,20H2. The van der Waals surface area contributed by atoms with Crippen molar-refractivity contribution in [2.45, 2.75) is 17.4 Å². The normalized spacial score (nSPS) is 18.7. The highest BCUT2D eigenvalue weighted by molar-refractivity contribution is 7.91. The summed E-state index contributed by atoms with van der Waals surface area (Å²) in [6.07, 6.45) is -3.08. The van der Waals surface area contributed by atoms with Crippen molar-refractivity contribution in [3.8, 4) is 11.5 Å². The first kappa shape index (κ1) is 16.7. The summed E-state index contributed by atoms with van der Waals surface area (Å²) in [7, 11) is -3.75. The van der Waals surface area contributed by atoms with Gasteiger partial charge in [0.2, 0.25) is 0 Å². The summed E-state index contributed by atoms with van der Waals surface area (Å²) in [5.74, 6) is -3.10. The van der Waals surface area contributed by atoms with E-state index in [0.717, 1.165) is 24.3 Å². The second-order valence-corrected chi connectivity index (χ2v) is 7.29. The van der Waals surface area contributed by atoms with Crippen LogP contribution in [-0.2, 0) is 9.84 Å². The minimum atomic E-state index is -3.75. The number of hydrogen-bond acceptors (Lipinski definition) is 4. The summed E-state index contributed by atoms with van der Waals surface area (Å²) in [5, 5.41) is 0. The number of alkyl halides is 2. The Bertz CT molecular complexity index is 895. The summed E-state index contributed by atoms with van der Waals surface area (Å²) in [6, 6.07) is 3.26. The van der Waals surface area contributed by atoms with Gasteiger partial charge in [-0.3, -0.25) is 0 Å². The third-order valence-corrected chi connectivity index (χ3v) is 5.42. The predicted molar refractivity (Wildman–Crippen MR) is 76.8 cm³/mol. The summed E-state index contributed by atoms with van der Waals surface area (Å²) >= 11 is 0. The maximum atomic E-state index is 13.5. The fourth-order valence-corrected chi connectivity index (χ4v) is 4.38. The molecule has 0 saturated heterocycles. The number of nitrogens with two attached hydrogens (primary N) is 1. The van der Waals surface area contributed by atoms with Gasteiger partial charge in [0, 0.05) is 29.8 Å². The van der Waals surface area contributed by atoms with E-state index in [1.807, 2.05) is 0 Å². The van der Waals surface area contributed by atoms with Crippen LogP contribution in [0.25, 0.3) is 0 Å². The van der Waals surface area contributed by atoms with Gasteiger partial charge in [0.15, 0.2) is 9.84 Å². The fourth-order valence-electron chi connectivity index (χ4n) is 2.69. The minimum absolute atomic E-state index is 0.223. The Morgan fingerprint density at radius 2 is 1.75 bits per heavy atom. The molecule has 0 aliphatic carbocycles. The molecule has 0 aromatic heterocycles. The molecule has 2 aromatic rings. The molecule has 0 fully saturated rings. The van der Waals surface area contributed by atoms with E-state index < -0.39 is 51.0 Å². The molecule has 1 atom stereocenters. The summed E-state index contributed by atoms with van der Waals surface area (Å²) < 4.78 is 82.4. The summed E-state index contributed by atoms with van der Waals surface area (Å²) in [5.41, 5.74) is 4.77. The Hall–Kier alpha value is -2.13. The number of sulfone groups is 1. The SMILES string of the molecule is NC1CS(=O)(=O)c2ccc(Oc3cc(F)cc(F)c3)c(C(F)F)c21. The van der Waals surface area contributed by atoms with Gasteiger partial charge in [-0.05, 0) is 12.1 Å². The van der Waals surface area contributed by atoms with Crippen LogP contribution in [0.15, 0.2) is 35.2 Å². The van der Waals surface area contributed by atoms with Crippen LogP contribution in [0.1, 0.15) is 23.6 Å². The van der Waals surface area contributed by atoms with Gasteiger partial charge in [-0.25, -0.2) is 26.0 Å². The number of ether oxygens (including phenoxy) is 1. The largest absolute Gasteiger partial charge is 0.457 e. The second kappa shape index (κ2) is 5.75. The molecule has 3 rings (SSSR count). The Morgan fingerprint density at radius 3 is 2.33 bits per heavy atom. The number of rotatable bonds is 3. The van der Waals surface area contributed by atoms with Gasteiger partial charge in [0.25, 0.3) is 6.43 Å². The molecule has 0 amide bonds. The molecule has 128 valence electrons. The molecule has 0 saturated carbocycles. The first-order chi connectivity index (χ1) is 11.2. The average Bonchev–Trinajstić information content (AvgIpc) is 2.67. The predicted octanol–water partition coefficient (Wildman–Crippen LogP) is 3.48. The first-order valence-corrected chi connectivity index (χ1v) is 8.41. The zero-order chi connectivity index (χ0) is 17.6. The van der Waals surface area contributed by atoms with Crippen LogP contribution >= 0.6 is 0 Å². The van der Waals surface area contributed by atoms with E-state index in [0.29, 0.717) is 6.07 Å². The van der Waals surface area contributed by atoms with Gasteiger partial charge in [-0.2, -0.15) is 0 Å². The van der Waals surface area contributed by atoms with Gasteiger partial charge in [0.1, 0.15) is 23.1 Å². The highest BCUT2D eigenvalue weighted by Gasteiger charge is 2.38. The molecule has 4 nitrogen and oxygen atoms in total. The lowest BCUT2D eigenvalue weighted by Gasteiger charge is -2.16. The van der Waals surface area contributed by atoms with Crippen LogP contribution in [0.2, 0.25) is 0 Å². The van der Waals surface area contributed by atoms with Gasteiger partial charge in [-0.1, -0.05) is 0 Å². The van der Waals surface area contributed by atoms with Crippen LogP contribution in [0.4, 0.5) is 17.6 Å². The Kier molecular flexibility index (Phi) is 4.00. The molecule has 1 unspecified atom stereocenters. The summed E-state index contributed by atoms with van der Waals surface area (Å²) in [4.78, 5) is -0.275. The van der Waals surface area contributed by atoms with Gasteiger partial charge < -0.3 is 10.5 Å². The lowest BCUT2D eigenvalue weighted by atomic mass is 10.0. The van der Waals surface area contributed by atoms with Crippen molar-refractivity contribution in [1.29, 1.82) is 0 Å². The Balaban J connectivity index is 2.15. The van der Waals surface area contributed by atoms with Gasteiger partial charge >= 0.3 is 0 Å². The smallest absolute Gasteiger partial charge is 0.267 e. The fraction of sp³-hybridized carbons (Fsp3) is 0.200. The Morgan fingerprint density at radius 1 is 1.12 bits per heavy atom. The van der Waals surface area contributed by atoms with Crippen molar-refractivity contribution < 1.29 is 30.7 Å². The lowest BCUT2D eigenvalue weighted by molar-refractivity contribution is 0.146. The molecular formula is C15H11F4NO3S. The third kappa shape index (κ3) is 2.84. The van der Waals surface area contributed by atoms with Crippen LogP contribution in [-0.4, -0.2) is 14.2 Å². The first-order valence-electron chi connectivity index (χ1n) is 6.76. The van der Waals surface area contributed by atoms with Crippen LogP contribution in [0.5, 0.6) is 11.5 Å². The maximum Gasteiger partial charge on any atom is 0.267 e. The van der Waals surface area contributed by atoms with E-state index >= 15 is 0 Å². The van der Waals surface area contributed by atoms with E-state index in [-0.39, 0.29) is 16.2 Å². The zero-order valence-corrected chi connectivity index (χ0v) is 12.8. The number of benzene rings is 2. The molecule has 0 bridgehead atoms. The molecule has 9 heteroatoms. The van der Waals surface area contributed by atoms with E-state index in [2.05, 4.69) is 0 Å². The molecule has 24 heavy (non-hydrogen) atoms. The zero-order valence-electron chi connectivity index (χ0n) is 12.0. The molecule has 1 heterocycles. The number of halogens is 4. The van der Waals surface area contributed by atoms with E-state index in [1.54, 1.807) is 0 Å². The lowest BCUT2D eigenvalue weighted by Crippen LogP contribution is -2.14. The van der Waals surface area contributed by atoms with Crippen molar-refractivity contribution in [3.63, 3.8) is 0 Å². The van der Waals surface area contributed by atoms with Crippen LogP contribution in [0, 0.1) is 11.6 Å². The molecule has 1 aliphatic rings. The summed E-state index contributed by atoms with van der Waals surface area (Å²) in [6.45, 7) is 0. The topological polar surface area (TPSA) is 69.4 Å². The van der Waals surface area contributed by atoms with Gasteiger partial charge in [0.05, 0.1) is 16.2 Å². The monoisotopic (exact) mass is 361 g/mol. The van der Waals surface area contributed by atoms with Crippen molar-refractivity contribution in [2.75, 3.05) is 5.75 Å². The Labute approximate surface area is 134 Å². The van der Waals surface area contributed by atoms with E-state index in [4.69, 9.17) is 10.5 Å². The van der Waals surface area contributed by atoms with Crippen molar-refractivity contribution in [3.05, 3.63) is 53.1 Å². The highest BCUT2D eigenvalue weighted by Crippen LogP contribution is 2.44. The average molecular weight is 361 g/mol. The van der Waals surface area contributed by atoms with Crippen LogP contribution < -0.4 is 10.5 Å². The molecule has 1 aliphatic heterocycles. The van der Waals surface area contributed by atoms with Crippen LogP contribution in [0.3, 0.4) is 0 Å². The minimum Gasteiger partial charge on any atom is -0.457 e. The second-order valence-electron chi connectivity index (χ2n) is 5.29. The van der Waals surface area contributed by atoms with Crippen molar-refractivity contribution in [1.82, 2.24) is 0 Å². The highest BCUT2D eigenvalue weighted by atomic mass is 32.2. The molecule has 0 spiro atoms. The van der Waals surface area contributed by atoms with Crippen molar-refractivity contribution >= 4 is 9.84 Å². The third-order valence-electron chi connectivity index (χ3n) is 3.59. The molecular weight excluding hydrogens is 350 g/mol. The maximum absolute atomic E-state index is 13.5. The van der Waals surface area contributed by atoms with Gasteiger partial charge in [-0.15, -0.1) is 0 Å². The van der Waals surface area contributed by atoms with E-state index in [9.17, 15) is 26.0 Å². The number of hydrogen-bond donors (Lipinski definition) is 1. The van der Waals surface area contributed by atoms with E-state index in [1.165, 1.54) is 0 Å². The van der Waals surface area contributed by atoms with Crippen molar-refractivity contribution in [2.24, 2.45) is 5.73 Å². The number of fused-ring (bicyclic) bond motifs is 1. The molecule has 2 aromatic carbocycles. The molecule has 2 N–H and O–H groups in total.